The van der Waals surface area contributed by atoms with Crippen molar-refractivity contribution < 1.29 is 9.18 Å². The number of aromatic nitrogens is 1. The van der Waals surface area contributed by atoms with Crippen LogP contribution in [0.5, 0.6) is 0 Å². The molecule has 0 saturated heterocycles. The molecule has 0 saturated carbocycles. The van der Waals surface area contributed by atoms with Crippen molar-refractivity contribution in [2.75, 3.05) is 5.73 Å². The number of nitrogens with one attached hydrogen (secondary N) is 1. The zero-order valence-corrected chi connectivity index (χ0v) is 11.8. The Morgan fingerprint density at radius 3 is 2.86 bits per heavy atom. The van der Waals surface area contributed by atoms with E-state index in [0.717, 1.165) is 4.70 Å². The molecule has 0 radical (unpaired) electrons. The lowest BCUT2D eigenvalue weighted by atomic mass is 10.2. The summed E-state index contributed by atoms with van der Waals surface area (Å²) in [4.78, 5) is 16.8. The number of pyridine rings is 1. The number of rotatable bonds is 3. The van der Waals surface area contributed by atoms with Crippen molar-refractivity contribution in [2.24, 2.45) is 0 Å². The molecule has 0 aliphatic heterocycles. The molecule has 0 atom stereocenters. The van der Waals surface area contributed by atoms with Crippen LogP contribution in [0.15, 0.2) is 42.6 Å². The quantitative estimate of drug-likeness (QED) is 0.781. The van der Waals surface area contributed by atoms with Gasteiger partial charge in [0.25, 0.3) is 5.91 Å². The summed E-state index contributed by atoms with van der Waals surface area (Å²) < 4.78 is 14.4. The minimum atomic E-state index is -0.344. The van der Waals surface area contributed by atoms with Gasteiger partial charge in [-0.1, -0.05) is 18.2 Å². The molecule has 0 unspecified atom stereocenters. The first-order chi connectivity index (χ1) is 10.2. The molecule has 0 aliphatic carbocycles. The van der Waals surface area contributed by atoms with Gasteiger partial charge in [0.2, 0.25) is 0 Å². The Kier molecular flexibility index (Phi) is 3.53. The highest BCUT2D eigenvalue weighted by molar-refractivity contribution is 7.21. The summed E-state index contributed by atoms with van der Waals surface area (Å²) in [6.07, 6.45) is 1.63. The lowest BCUT2D eigenvalue weighted by Gasteiger charge is -2.05. The van der Waals surface area contributed by atoms with Gasteiger partial charge in [0.1, 0.15) is 16.2 Å². The molecule has 1 aromatic carbocycles. The molecule has 6 heteroatoms. The van der Waals surface area contributed by atoms with Crippen molar-refractivity contribution in [1.82, 2.24) is 10.3 Å². The molecular formula is C15H12FN3OS. The predicted molar refractivity (Wildman–Crippen MR) is 81.6 cm³/mol. The summed E-state index contributed by atoms with van der Waals surface area (Å²) in [6, 6.07) is 9.97. The fourth-order valence-electron chi connectivity index (χ4n) is 2.01. The molecule has 3 aromatic rings. The van der Waals surface area contributed by atoms with Crippen LogP contribution in [0, 0.1) is 5.82 Å². The first kappa shape index (κ1) is 13.5. The van der Waals surface area contributed by atoms with E-state index in [1.807, 2.05) is 6.07 Å². The monoisotopic (exact) mass is 301 g/mol. The minimum Gasteiger partial charge on any atom is -0.396 e. The number of nitrogen functional groups attached to an aromatic ring is 1. The zero-order valence-electron chi connectivity index (χ0n) is 11.0. The van der Waals surface area contributed by atoms with Crippen LogP contribution in [-0.4, -0.2) is 10.9 Å². The van der Waals surface area contributed by atoms with Crippen LogP contribution in [0.4, 0.5) is 10.1 Å². The molecule has 0 fully saturated rings. The molecule has 4 nitrogen and oxygen atoms in total. The van der Waals surface area contributed by atoms with Crippen LogP contribution in [-0.2, 0) is 6.54 Å². The summed E-state index contributed by atoms with van der Waals surface area (Å²) in [5.74, 6) is -0.664. The molecule has 2 aromatic heterocycles. The van der Waals surface area contributed by atoms with Crippen molar-refractivity contribution in [3.8, 4) is 0 Å². The smallest absolute Gasteiger partial charge is 0.263 e. The molecule has 0 aliphatic rings. The number of hydrogen-bond donors (Lipinski definition) is 2. The van der Waals surface area contributed by atoms with Crippen LogP contribution in [0.3, 0.4) is 0 Å². The number of nitrogens with zero attached hydrogens (tertiary/aromatic N) is 1. The van der Waals surface area contributed by atoms with Gasteiger partial charge < -0.3 is 11.1 Å². The van der Waals surface area contributed by atoms with Crippen LogP contribution in [0.25, 0.3) is 10.2 Å². The Hall–Kier alpha value is -2.47. The Bertz CT molecular complexity index is 816. The Morgan fingerprint density at radius 1 is 1.29 bits per heavy atom. The van der Waals surface area contributed by atoms with Crippen LogP contribution >= 0.6 is 11.3 Å². The van der Waals surface area contributed by atoms with Crippen molar-refractivity contribution in [2.45, 2.75) is 6.54 Å². The molecule has 0 spiro atoms. The lowest BCUT2D eigenvalue weighted by Crippen LogP contribution is -2.23. The second-order valence-electron chi connectivity index (χ2n) is 4.47. The Morgan fingerprint density at radius 2 is 2.10 bits per heavy atom. The molecule has 106 valence electrons. The van der Waals surface area contributed by atoms with E-state index in [0.29, 0.717) is 21.6 Å². The van der Waals surface area contributed by atoms with Gasteiger partial charge in [-0.15, -0.1) is 11.3 Å². The van der Waals surface area contributed by atoms with E-state index >= 15 is 0 Å². The summed E-state index contributed by atoms with van der Waals surface area (Å²) >= 11 is 1.28. The van der Waals surface area contributed by atoms with Gasteiger partial charge in [0.05, 0.1) is 10.4 Å². The first-order valence-electron chi connectivity index (χ1n) is 6.31. The van der Waals surface area contributed by atoms with E-state index in [2.05, 4.69) is 10.3 Å². The second-order valence-corrected chi connectivity index (χ2v) is 5.52. The molecule has 1 amide bonds. The molecule has 21 heavy (non-hydrogen) atoms. The summed E-state index contributed by atoms with van der Waals surface area (Å²) in [5.41, 5.74) is 7.37. The third-order valence-corrected chi connectivity index (χ3v) is 4.24. The van der Waals surface area contributed by atoms with E-state index < -0.39 is 0 Å². The van der Waals surface area contributed by atoms with E-state index in [-0.39, 0.29) is 18.3 Å². The zero-order chi connectivity index (χ0) is 14.8. The standard InChI is InChI=1S/C15H12FN3OS/c16-10-5-2-1-4-9(10)8-19-15(20)14-12(17)13-11(21-14)6-3-7-18-13/h1-7H,8,17H2,(H,19,20). The summed E-state index contributed by atoms with van der Waals surface area (Å²) in [5, 5.41) is 2.68. The maximum Gasteiger partial charge on any atom is 0.263 e. The van der Waals surface area contributed by atoms with Crippen LogP contribution in [0.1, 0.15) is 15.2 Å². The topological polar surface area (TPSA) is 68.0 Å². The van der Waals surface area contributed by atoms with Gasteiger partial charge in [-0.25, -0.2) is 4.39 Å². The molecule has 0 bridgehead atoms. The molecular weight excluding hydrogens is 289 g/mol. The molecule has 2 heterocycles. The average Bonchev–Trinajstić information content (AvgIpc) is 2.84. The van der Waals surface area contributed by atoms with Crippen molar-refractivity contribution in [3.63, 3.8) is 0 Å². The maximum atomic E-state index is 13.5. The Balaban J connectivity index is 1.81. The van der Waals surface area contributed by atoms with Gasteiger partial charge in [0.15, 0.2) is 0 Å². The third kappa shape index (κ3) is 2.57. The van der Waals surface area contributed by atoms with E-state index in [1.54, 1.807) is 30.5 Å². The predicted octanol–water partition coefficient (Wildman–Crippen LogP) is 2.95. The third-order valence-electron chi connectivity index (χ3n) is 3.09. The van der Waals surface area contributed by atoms with E-state index in [1.165, 1.54) is 17.4 Å². The van der Waals surface area contributed by atoms with Crippen molar-refractivity contribution >= 4 is 33.1 Å². The molecule has 3 N–H and O–H groups in total. The normalized spacial score (nSPS) is 10.7. The fraction of sp³-hybridized carbons (Fsp3) is 0.0667. The summed E-state index contributed by atoms with van der Waals surface area (Å²) in [7, 11) is 0. The van der Waals surface area contributed by atoms with Gasteiger partial charge >= 0.3 is 0 Å². The number of amides is 1. The number of carbonyl (C=O) groups is 1. The number of halogens is 1. The Labute approximate surface area is 124 Å². The molecule has 3 rings (SSSR count). The number of benzene rings is 1. The number of nitrogens with two attached hydrogens (primary N) is 1. The number of anilines is 1. The summed E-state index contributed by atoms with van der Waals surface area (Å²) in [6.45, 7) is 0.118. The maximum absolute atomic E-state index is 13.5. The number of hydrogen-bond acceptors (Lipinski definition) is 4. The van der Waals surface area contributed by atoms with Gasteiger partial charge in [-0.2, -0.15) is 0 Å². The van der Waals surface area contributed by atoms with Crippen molar-refractivity contribution in [1.29, 1.82) is 0 Å². The van der Waals surface area contributed by atoms with E-state index in [4.69, 9.17) is 5.73 Å². The van der Waals surface area contributed by atoms with Gasteiger partial charge in [0, 0.05) is 18.3 Å². The fourth-order valence-corrected chi connectivity index (χ4v) is 3.01. The van der Waals surface area contributed by atoms with E-state index in [9.17, 15) is 9.18 Å². The van der Waals surface area contributed by atoms with Gasteiger partial charge in [-0.05, 0) is 18.2 Å². The second kappa shape index (κ2) is 5.49. The highest BCUT2D eigenvalue weighted by Crippen LogP contribution is 2.31. The highest BCUT2D eigenvalue weighted by atomic mass is 32.1. The minimum absolute atomic E-state index is 0.118. The van der Waals surface area contributed by atoms with Crippen LogP contribution < -0.4 is 11.1 Å². The first-order valence-corrected chi connectivity index (χ1v) is 7.13. The average molecular weight is 301 g/mol. The SMILES string of the molecule is Nc1c(C(=O)NCc2ccccc2F)sc2cccnc12. The number of fused-ring (bicyclic) bond motifs is 1. The van der Waals surface area contributed by atoms with Crippen molar-refractivity contribution in [3.05, 3.63) is 58.9 Å². The highest BCUT2D eigenvalue weighted by Gasteiger charge is 2.17. The van der Waals surface area contributed by atoms with Gasteiger partial charge in [-0.3, -0.25) is 9.78 Å². The number of thiophene rings is 1. The van der Waals surface area contributed by atoms with Crippen LogP contribution in [0.2, 0.25) is 0 Å². The largest absolute Gasteiger partial charge is 0.396 e. The number of carbonyl (C=O) groups excluding carboxylic acids is 1. The lowest BCUT2D eigenvalue weighted by molar-refractivity contribution is 0.0955.